The quantitative estimate of drug-likeness (QED) is 0.727. The first-order chi connectivity index (χ1) is 13.5. The molecule has 1 aliphatic heterocycles. The molecule has 2 aromatic heterocycles. The normalized spacial score (nSPS) is 18.8. The van der Waals surface area contributed by atoms with Gasteiger partial charge in [0.2, 0.25) is 0 Å². The number of alkyl halides is 3. The van der Waals surface area contributed by atoms with Gasteiger partial charge in [-0.3, -0.25) is 14.8 Å². The molecule has 3 rings (SSSR count). The molecule has 3 heterocycles. The summed E-state index contributed by atoms with van der Waals surface area (Å²) >= 11 is 1.51. The number of aliphatic imine (C=N–C) groups is 1. The molecule has 0 spiro atoms. The summed E-state index contributed by atoms with van der Waals surface area (Å²) in [5.41, 5.74) is 4.77. The molecule has 3 N–H and O–H groups in total. The van der Waals surface area contributed by atoms with Crippen molar-refractivity contribution >= 4 is 29.3 Å². The zero-order valence-electron chi connectivity index (χ0n) is 15.4. The van der Waals surface area contributed by atoms with E-state index in [0.29, 0.717) is 17.8 Å². The number of hydrogen-bond donors (Lipinski definition) is 2. The van der Waals surface area contributed by atoms with Crippen molar-refractivity contribution in [2.45, 2.75) is 30.8 Å². The first-order valence-electron chi connectivity index (χ1n) is 8.46. The van der Waals surface area contributed by atoms with E-state index in [-0.39, 0.29) is 22.0 Å². The number of halogens is 4. The van der Waals surface area contributed by atoms with Gasteiger partial charge in [0.1, 0.15) is 34.9 Å². The number of thioether (sulfide) groups is 1. The summed E-state index contributed by atoms with van der Waals surface area (Å²) < 4.78 is 51.7. The predicted octanol–water partition coefficient (Wildman–Crippen LogP) is 3.81. The number of hydrogen-bond acceptors (Lipinski definition) is 6. The lowest BCUT2D eigenvalue weighted by atomic mass is 10.1. The Morgan fingerprint density at radius 2 is 2.00 bits per heavy atom. The van der Waals surface area contributed by atoms with Crippen molar-refractivity contribution in [1.29, 1.82) is 0 Å². The topological polar surface area (TPSA) is 93.3 Å². The van der Waals surface area contributed by atoms with Crippen LogP contribution in [0.2, 0.25) is 0 Å². The summed E-state index contributed by atoms with van der Waals surface area (Å²) in [6, 6.07) is 3.47. The van der Waals surface area contributed by atoms with E-state index >= 15 is 0 Å². The van der Waals surface area contributed by atoms with Crippen molar-refractivity contribution in [2.75, 3.05) is 11.1 Å². The summed E-state index contributed by atoms with van der Waals surface area (Å²) in [4.78, 5) is 24.2. The minimum Gasteiger partial charge on any atom is -0.386 e. The van der Waals surface area contributed by atoms with Crippen LogP contribution in [0.25, 0.3) is 0 Å². The van der Waals surface area contributed by atoms with Crippen molar-refractivity contribution in [3.05, 3.63) is 53.2 Å². The van der Waals surface area contributed by atoms with Gasteiger partial charge in [-0.25, -0.2) is 9.37 Å². The van der Waals surface area contributed by atoms with Crippen LogP contribution in [-0.4, -0.2) is 32.2 Å². The van der Waals surface area contributed by atoms with Crippen molar-refractivity contribution < 1.29 is 22.4 Å². The lowest BCUT2D eigenvalue weighted by Gasteiger charge is -2.31. The summed E-state index contributed by atoms with van der Waals surface area (Å²) in [5.74, 6) is -0.529. The number of amidine groups is 1. The van der Waals surface area contributed by atoms with Crippen LogP contribution in [0.5, 0.6) is 0 Å². The molecule has 1 aliphatic rings. The van der Waals surface area contributed by atoms with E-state index in [9.17, 15) is 22.4 Å². The molecule has 154 valence electrons. The zero-order valence-corrected chi connectivity index (χ0v) is 16.2. The van der Waals surface area contributed by atoms with E-state index in [1.165, 1.54) is 17.8 Å². The highest BCUT2D eigenvalue weighted by atomic mass is 32.2. The summed E-state index contributed by atoms with van der Waals surface area (Å²) in [7, 11) is 0. The first kappa shape index (κ1) is 21.0. The maximum atomic E-state index is 14.3. The molecule has 0 bridgehead atoms. The van der Waals surface area contributed by atoms with Crippen LogP contribution in [-0.2, 0) is 6.18 Å². The van der Waals surface area contributed by atoms with Gasteiger partial charge >= 0.3 is 6.18 Å². The standard InChI is InChI=1S/C18H17F4N5OS/c1-17(2)16(23)25-12(8-29-17)14-10(19)4-6-13(26-14)27-15(28)11-5-3-9(7-24-11)18(20,21)22/h3-7,12H,8H2,1-2H3,(H2,23,25)(H,26,27,28). The third-order valence-electron chi connectivity index (χ3n) is 4.27. The highest BCUT2D eigenvalue weighted by Crippen LogP contribution is 2.36. The van der Waals surface area contributed by atoms with Gasteiger partial charge in [0, 0.05) is 11.9 Å². The molecule has 29 heavy (non-hydrogen) atoms. The maximum Gasteiger partial charge on any atom is 0.417 e. The minimum atomic E-state index is -4.55. The molecule has 0 aromatic carbocycles. The second-order valence-corrected chi connectivity index (χ2v) is 8.44. The number of pyridine rings is 2. The number of rotatable bonds is 3. The lowest BCUT2D eigenvalue weighted by Crippen LogP contribution is -2.39. The summed E-state index contributed by atoms with van der Waals surface area (Å²) in [5, 5.41) is 2.40. The fourth-order valence-electron chi connectivity index (χ4n) is 2.50. The molecule has 2 aromatic rings. The van der Waals surface area contributed by atoms with Crippen molar-refractivity contribution in [1.82, 2.24) is 9.97 Å². The number of nitrogens with two attached hydrogens (primary N) is 1. The number of carbonyl (C=O) groups excluding carboxylic acids is 1. The third-order valence-corrected chi connectivity index (χ3v) is 5.68. The average Bonchev–Trinajstić information content (AvgIpc) is 2.65. The van der Waals surface area contributed by atoms with Gasteiger partial charge in [0.05, 0.1) is 10.3 Å². The molecular weight excluding hydrogens is 410 g/mol. The molecule has 1 atom stereocenters. The molecule has 1 unspecified atom stereocenters. The fourth-order valence-corrected chi connectivity index (χ4v) is 3.51. The third kappa shape index (κ3) is 4.66. The van der Waals surface area contributed by atoms with Crippen LogP contribution in [0.1, 0.15) is 41.6 Å². The highest BCUT2D eigenvalue weighted by Gasteiger charge is 2.33. The molecular formula is C18H17F4N5OS. The molecule has 6 nitrogen and oxygen atoms in total. The van der Waals surface area contributed by atoms with Gasteiger partial charge in [-0.05, 0) is 38.1 Å². The second-order valence-electron chi connectivity index (χ2n) is 6.80. The van der Waals surface area contributed by atoms with Crippen LogP contribution >= 0.6 is 11.8 Å². The number of aromatic nitrogens is 2. The van der Waals surface area contributed by atoms with E-state index < -0.39 is 29.5 Å². The Labute approximate surface area is 168 Å². The molecule has 1 amide bonds. The van der Waals surface area contributed by atoms with Crippen LogP contribution < -0.4 is 11.1 Å². The van der Waals surface area contributed by atoms with Gasteiger partial charge in [0.15, 0.2) is 0 Å². The predicted molar refractivity (Wildman–Crippen MR) is 102 cm³/mol. The Kier molecular flexibility index (Phi) is 5.52. The number of nitrogens with zero attached hydrogens (tertiary/aromatic N) is 3. The van der Waals surface area contributed by atoms with Crippen LogP contribution in [0, 0.1) is 5.82 Å². The summed E-state index contributed by atoms with van der Waals surface area (Å²) in [6.07, 6.45) is -3.98. The Bertz CT molecular complexity index is 960. The fraction of sp³-hybridized carbons (Fsp3) is 0.333. The number of carbonyl (C=O) groups is 1. The summed E-state index contributed by atoms with van der Waals surface area (Å²) in [6.45, 7) is 3.81. The van der Waals surface area contributed by atoms with E-state index in [0.717, 1.165) is 18.2 Å². The van der Waals surface area contributed by atoms with E-state index in [1.54, 1.807) is 0 Å². The lowest BCUT2D eigenvalue weighted by molar-refractivity contribution is -0.137. The van der Waals surface area contributed by atoms with Gasteiger partial charge < -0.3 is 11.1 Å². The molecule has 0 saturated carbocycles. The largest absolute Gasteiger partial charge is 0.417 e. The monoisotopic (exact) mass is 427 g/mol. The SMILES string of the molecule is CC1(C)SCC(c2nc(NC(=O)c3ccc(C(F)(F)F)cn3)ccc2F)N=C1N. The van der Waals surface area contributed by atoms with Crippen LogP contribution in [0.3, 0.4) is 0 Å². The average molecular weight is 427 g/mol. The maximum absolute atomic E-state index is 14.3. The number of nitrogens with one attached hydrogen (secondary N) is 1. The molecule has 11 heteroatoms. The Hall–Kier alpha value is -2.69. The van der Waals surface area contributed by atoms with E-state index in [4.69, 9.17) is 5.73 Å². The van der Waals surface area contributed by atoms with Crippen LogP contribution in [0.15, 0.2) is 35.5 Å². The number of anilines is 1. The first-order valence-corrected chi connectivity index (χ1v) is 9.44. The molecule has 0 radical (unpaired) electrons. The van der Waals surface area contributed by atoms with Gasteiger partial charge in [0.25, 0.3) is 5.91 Å². The highest BCUT2D eigenvalue weighted by molar-refractivity contribution is 8.01. The van der Waals surface area contributed by atoms with Crippen LogP contribution in [0.4, 0.5) is 23.4 Å². The number of amides is 1. The second kappa shape index (κ2) is 7.62. The van der Waals surface area contributed by atoms with Crippen molar-refractivity contribution in [3.8, 4) is 0 Å². The van der Waals surface area contributed by atoms with Gasteiger partial charge in [-0.1, -0.05) is 0 Å². The van der Waals surface area contributed by atoms with Gasteiger partial charge in [-0.15, -0.1) is 11.8 Å². The Balaban J connectivity index is 1.80. The Morgan fingerprint density at radius 3 is 2.59 bits per heavy atom. The molecule has 0 saturated heterocycles. The molecule has 0 aliphatic carbocycles. The van der Waals surface area contributed by atoms with E-state index in [1.807, 2.05) is 13.8 Å². The Morgan fingerprint density at radius 1 is 1.28 bits per heavy atom. The van der Waals surface area contributed by atoms with E-state index in [2.05, 4.69) is 20.3 Å². The van der Waals surface area contributed by atoms with Crippen molar-refractivity contribution in [3.63, 3.8) is 0 Å². The molecule has 0 fully saturated rings. The minimum absolute atomic E-state index is 0.0223. The van der Waals surface area contributed by atoms with Gasteiger partial charge in [-0.2, -0.15) is 13.2 Å². The zero-order chi connectivity index (χ0) is 21.4. The smallest absolute Gasteiger partial charge is 0.386 e. The van der Waals surface area contributed by atoms with Crippen molar-refractivity contribution in [2.24, 2.45) is 10.7 Å².